The Hall–Kier alpha value is -1.56. The van der Waals surface area contributed by atoms with Gasteiger partial charge in [-0.1, -0.05) is 19.9 Å². The van der Waals surface area contributed by atoms with Crippen LogP contribution in [0.25, 0.3) is 0 Å². The molecule has 20 heavy (non-hydrogen) atoms. The Labute approximate surface area is 120 Å². The highest BCUT2D eigenvalue weighted by Gasteiger charge is 2.25. The highest BCUT2D eigenvalue weighted by atomic mass is 16.4. The van der Waals surface area contributed by atoms with Gasteiger partial charge in [0.25, 0.3) is 0 Å². The van der Waals surface area contributed by atoms with Crippen molar-refractivity contribution in [1.29, 1.82) is 0 Å². The number of carbonyl (C=O) groups excluding carboxylic acids is 1. The first-order valence-electron chi connectivity index (χ1n) is 7.05. The number of aliphatic carboxylic acids is 1. The smallest absolute Gasteiger partial charge is 0.326 e. The first-order chi connectivity index (χ1) is 9.43. The van der Waals surface area contributed by atoms with Crippen molar-refractivity contribution in [3.8, 4) is 0 Å². The zero-order chi connectivity index (χ0) is 15.1. The summed E-state index contributed by atoms with van der Waals surface area (Å²) < 4.78 is 0. The Bertz CT molecular complexity index is 350. The molecular weight excluding hydrogens is 258 g/mol. The van der Waals surface area contributed by atoms with Crippen LogP contribution in [-0.4, -0.2) is 65.7 Å². The molecule has 6 heteroatoms. The third kappa shape index (κ3) is 5.21. The van der Waals surface area contributed by atoms with E-state index in [9.17, 15) is 9.59 Å². The van der Waals surface area contributed by atoms with E-state index in [1.807, 2.05) is 0 Å². The van der Waals surface area contributed by atoms with E-state index < -0.39 is 12.0 Å². The summed E-state index contributed by atoms with van der Waals surface area (Å²) in [5.74, 6) is -0.420. The second kappa shape index (κ2) is 7.89. The van der Waals surface area contributed by atoms with E-state index in [0.717, 1.165) is 19.6 Å². The van der Waals surface area contributed by atoms with Crippen LogP contribution in [0.2, 0.25) is 0 Å². The number of urea groups is 1. The molecule has 0 spiro atoms. The molecule has 1 aliphatic heterocycles. The number of nitrogens with one attached hydrogen (secondary N) is 1. The summed E-state index contributed by atoms with van der Waals surface area (Å²) in [5.41, 5.74) is 0. The number of nitrogens with zero attached hydrogens (tertiary/aromatic N) is 2. The van der Waals surface area contributed by atoms with Crippen LogP contribution in [0.3, 0.4) is 0 Å². The molecule has 0 aliphatic carbocycles. The van der Waals surface area contributed by atoms with Gasteiger partial charge in [0.15, 0.2) is 0 Å². The molecule has 0 aromatic heterocycles. The lowest BCUT2D eigenvalue weighted by atomic mass is 10.2. The van der Waals surface area contributed by atoms with Gasteiger partial charge in [0.2, 0.25) is 0 Å². The number of amides is 2. The SMILES string of the molecule is C=CCC(NC(=O)N1CCN(CC(C)C)CC1)C(=O)O. The molecule has 114 valence electrons. The number of carboxylic acid groups (broad SMARTS) is 1. The van der Waals surface area contributed by atoms with Crippen molar-refractivity contribution < 1.29 is 14.7 Å². The summed E-state index contributed by atoms with van der Waals surface area (Å²) in [4.78, 5) is 27.0. The number of piperazine rings is 1. The standard InChI is InChI=1S/C14H25N3O3/c1-4-5-12(13(18)19)15-14(20)17-8-6-16(7-9-17)10-11(2)3/h4,11-12H,1,5-10H2,2-3H3,(H,15,20)(H,18,19). The van der Waals surface area contributed by atoms with Crippen LogP contribution in [0.5, 0.6) is 0 Å². The molecule has 2 N–H and O–H groups in total. The van der Waals surface area contributed by atoms with Crippen LogP contribution in [0, 0.1) is 5.92 Å². The van der Waals surface area contributed by atoms with E-state index in [2.05, 4.69) is 30.6 Å². The normalized spacial score (nSPS) is 17.9. The van der Waals surface area contributed by atoms with Crippen molar-refractivity contribution in [2.24, 2.45) is 5.92 Å². The Morgan fingerprint density at radius 1 is 1.30 bits per heavy atom. The van der Waals surface area contributed by atoms with Gasteiger partial charge in [-0.3, -0.25) is 4.90 Å². The fourth-order valence-corrected chi connectivity index (χ4v) is 2.28. The summed E-state index contributed by atoms with van der Waals surface area (Å²) >= 11 is 0. The largest absolute Gasteiger partial charge is 0.480 e. The van der Waals surface area contributed by atoms with Gasteiger partial charge in [-0.15, -0.1) is 6.58 Å². The molecule has 0 aromatic carbocycles. The summed E-state index contributed by atoms with van der Waals surface area (Å²) in [6, 6.07) is -1.20. The molecule has 1 heterocycles. The maximum atomic E-state index is 12.0. The molecule has 2 amide bonds. The fourth-order valence-electron chi connectivity index (χ4n) is 2.28. The molecule has 1 fully saturated rings. The van der Waals surface area contributed by atoms with Gasteiger partial charge in [0, 0.05) is 32.7 Å². The van der Waals surface area contributed by atoms with Crippen LogP contribution in [0.1, 0.15) is 20.3 Å². The van der Waals surface area contributed by atoms with Crippen LogP contribution in [0.4, 0.5) is 4.79 Å². The lowest BCUT2D eigenvalue weighted by molar-refractivity contribution is -0.139. The molecule has 1 aliphatic rings. The fraction of sp³-hybridized carbons (Fsp3) is 0.714. The molecule has 6 nitrogen and oxygen atoms in total. The molecule has 1 saturated heterocycles. The van der Waals surface area contributed by atoms with Crippen LogP contribution < -0.4 is 5.32 Å². The third-order valence-corrected chi connectivity index (χ3v) is 3.28. The first kappa shape index (κ1) is 16.5. The zero-order valence-corrected chi connectivity index (χ0v) is 12.3. The monoisotopic (exact) mass is 283 g/mol. The van der Waals surface area contributed by atoms with Crippen molar-refractivity contribution in [2.75, 3.05) is 32.7 Å². The zero-order valence-electron chi connectivity index (χ0n) is 12.3. The molecule has 1 unspecified atom stereocenters. The molecule has 1 atom stereocenters. The van der Waals surface area contributed by atoms with Gasteiger partial charge >= 0.3 is 12.0 Å². The van der Waals surface area contributed by atoms with Crippen LogP contribution in [-0.2, 0) is 4.79 Å². The Balaban J connectivity index is 2.42. The van der Waals surface area contributed by atoms with Crippen molar-refractivity contribution in [3.05, 3.63) is 12.7 Å². The van der Waals surface area contributed by atoms with Crippen molar-refractivity contribution >= 4 is 12.0 Å². The lowest BCUT2D eigenvalue weighted by Crippen LogP contribution is -2.54. The average Bonchev–Trinajstić information content (AvgIpc) is 2.38. The Kier molecular flexibility index (Phi) is 6.51. The minimum absolute atomic E-state index is 0.231. The predicted molar refractivity (Wildman–Crippen MR) is 77.6 cm³/mol. The number of hydrogen-bond donors (Lipinski definition) is 2. The molecular formula is C14H25N3O3. The van der Waals surface area contributed by atoms with E-state index in [-0.39, 0.29) is 12.5 Å². The maximum absolute atomic E-state index is 12.0. The second-order valence-electron chi connectivity index (χ2n) is 5.55. The molecule has 0 radical (unpaired) electrons. The maximum Gasteiger partial charge on any atom is 0.326 e. The van der Waals surface area contributed by atoms with E-state index >= 15 is 0 Å². The minimum Gasteiger partial charge on any atom is -0.480 e. The molecule has 0 saturated carbocycles. The van der Waals surface area contributed by atoms with E-state index in [1.165, 1.54) is 6.08 Å². The van der Waals surface area contributed by atoms with Gasteiger partial charge in [-0.05, 0) is 12.3 Å². The van der Waals surface area contributed by atoms with E-state index in [0.29, 0.717) is 19.0 Å². The Morgan fingerprint density at radius 3 is 2.35 bits per heavy atom. The molecule has 0 aromatic rings. The summed E-state index contributed by atoms with van der Waals surface area (Å²) in [5, 5.41) is 11.5. The summed E-state index contributed by atoms with van der Waals surface area (Å²) in [7, 11) is 0. The lowest BCUT2D eigenvalue weighted by Gasteiger charge is -2.35. The summed E-state index contributed by atoms with van der Waals surface area (Å²) in [6.45, 7) is 11.8. The van der Waals surface area contributed by atoms with Crippen molar-refractivity contribution in [3.63, 3.8) is 0 Å². The van der Waals surface area contributed by atoms with Gasteiger partial charge in [-0.2, -0.15) is 0 Å². The number of carbonyl (C=O) groups is 2. The second-order valence-corrected chi connectivity index (χ2v) is 5.55. The minimum atomic E-state index is -1.03. The third-order valence-electron chi connectivity index (χ3n) is 3.28. The first-order valence-corrected chi connectivity index (χ1v) is 7.05. The quantitative estimate of drug-likeness (QED) is 0.713. The highest BCUT2D eigenvalue weighted by Crippen LogP contribution is 2.06. The number of carboxylic acids is 1. The molecule has 1 rings (SSSR count). The van der Waals surface area contributed by atoms with Crippen LogP contribution in [0.15, 0.2) is 12.7 Å². The highest BCUT2D eigenvalue weighted by molar-refractivity contribution is 5.82. The Morgan fingerprint density at radius 2 is 1.90 bits per heavy atom. The van der Waals surface area contributed by atoms with Gasteiger partial charge in [0.05, 0.1) is 0 Å². The van der Waals surface area contributed by atoms with Crippen molar-refractivity contribution in [1.82, 2.24) is 15.1 Å². The predicted octanol–water partition coefficient (Wildman–Crippen LogP) is 0.999. The average molecular weight is 283 g/mol. The summed E-state index contributed by atoms with van der Waals surface area (Å²) in [6.07, 6.45) is 1.73. The van der Waals surface area contributed by atoms with Gasteiger partial charge in [0.1, 0.15) is 6.04 Å². The number of hydrogen-bond acceptors (Lipinski definition) is 3. The van der Waals surface area contributed by atoms with Crippen LogP contribution >= 0.6 is 0 Å². The topological polar surface area (TPSA) is 72.9 Å². The van der Waals surface area contributed by atoms with E-state index in [1.54, 1.807) is 4.90 Å². The van der Waals surface area contributed by atoms with E-state index in [4.69, 9.17) is 5.11 Å². The number of rotatable bonds is 6. The van der Waals surface area contributed by atoms with Gasteiger partial charge in [-0.25, -0.2) is 9.59 Å². The molecule has 0 bridgehead atoms. The van der Waals surface area contributed by atoms with Crippen molar-refractivity contribution in [2.45, 2.75) is 26.3 Å². The van der Waals surface area contributed by atoms with Gasteiger partial charge < -0.3 is 15.3 Å².